The Morgan fingerprint density at radius 3 is 2.60 bits per heavy atom. The first kappa shape index (κ1) is 15.8. The smallest absolute Gasteiger partial charge is 0.325 e. The fourth-order valence-electron chi connectivity index (χ4n) is 3.61. The van der Waals surface area contributed by atoms with Crippen molar-refractivity contribution in [2.24, 2.45) is 0 Å². The van der Waals surface area contributed by atoms with Gasteiger partial charge in [-0.1, -0.05) is 24.4 Å². The number of amides is 3. The Morgan fingerprint density at radius 1 is 1.16 bits per heavy atom. The van der Waals surface area contributed by atoms with E-state index in [4.69, 9.17) is 4.52 Å². The zero-order chi connectivity index (χ0) is 17.4. The number of halogens is 1. The van der Waals surface area contributed by atoms with E-state index in [9.17, 15) is 14.0 Å². The second kappa shape index (κ2) is 5.98. The predicted molar refractivity (Wildman–Crippen MR) is 86.8 cm³/mol. The second-order valence-corrected chi connectivity index (χ2v) is 6.65. The lowest BCUT2D eigenvalue weighted by molar-refractivity contribution is -0.133. The predicted octanol–water partition coefficient (Wildman–Crippen LogP) is 3.24. The molecule has 1 N–H and O–H groups in total. The van der Waals surface area contributed by atoms with E-state index in [2.05, 4.69) is 10.5 Å². The Labute approximate surface area is 144 Å². The topological polar surface area (TPSA) is 75.4 Å². The lowest BCUT2D eigenvalue weighted by Gasteiger charge is -2.30. The highest BCUT2D eigenvalue weighted by atomic mass is 19.1. The number of rotatable bonds is 3. The van der Waals surface area contributed by atoms with Gasteiger partial charge >= 0.3 is 6.03 Å². The molecular weight excluding hydrogens is 325 g/mol. The molecule has 25 heavy (non-hydrogen) atoms. The van der Waals surface area contributed by atoms with Crippen molar-refractivity contribution in [3.05, 3.63) is 41.9 Å². The number of hydrogen-bond donors (Lipinski definition) is 1. The van der Waals surface area contributed by atoms with E-state index in [-0.39, 0.29) is 24.3 Å². The standard InChI is InChI=1S/C18H18FN3O3/c19-13-6-4-12(5-7-13)15-10-14(25-21-15)11-22-16(23)18(20-17(22)24)8-2-1-3-9-18/h4-7,10H,1-3,8-9,11H2,(H,20,24). The van der Waals surface area contributed by atoms with Crippen molar-refractivity contribution in [2.75, 3.05) is 0 Å². The molecule has 7 heteroatoms. The molecule has 0 atom stereocenters. The molecule has 2 heterocycles. The number of imide groups is 1. The Bertz CT molecular complexity index is 809. The Kier molecular flexibility index (Phi) is 3.78. The molecule has 1 aromatic heterocycles. The monoisotopic (exact) mass is 343 g/mol. The number of carbonyl (C=O) groups excluding carboxylic acids is 2. The molecule has 1 spiro atoms. The van der Waals surface area contributed by atoms with Gasteiger partial charge in [-0.3, -0.25) is 9.69 Å². The van der Waals surface area contributed by atoms with E-state index < -0.39 is 5.54 Å². The minimum absolute atomic E-state index is 0.0423. The number of hydrogen-bond acceptors (Lipinski definition) is 4. The molecule has 2 aromatic rings. The van der Waals surface area contributed by atoms with Crippen LogP contribution in [0.4, 0.5) is 9.18 Å². The molecule has 2 fully saturated rings. The first-order valence-electron chi connectivity index (χ1n) is 8.43. The van der Waals surface area contributed by atoms with Gasteiger partial charge in [0.1, 0.15) is 17.1 Å². The van der Waals surface area contributed by atoms with Crippen LogP contribution in [-0.2, 0) is 11.3 Å². The second-order valence-electron chi connectivity index (χ2n) is 6.65. The summed E-state index contributed by atoms with van der Waals surface area (Å²) >= 11 is 0. The van der Waals surface area contributed by atoms with Crippen LogP contribution in [0.25, 0.3) is 11.3 Å². The molecular formula is C18H18FN3O3. The highest BCUT2D eigenvalue weighted by molar-refractivity contribution is 6.07. The van der Waals surface area contributed by atoms with Gasteiger partial charge < -0.3 is 9.84 Å². The van der Waals surface area contributed by atoms with E-state index in [1.165, 1.54) is 17.0 Å². The lowest BCUT2D eigenvalue weighted by Crippen LogP contribution is -2.48. The zero-order valence-electron chi connectivity index (χ0n) is 13.6. The van der Waals surface area contributed by atoms with E-state index >= 15 is 0 Å². The summed E-state index contributed by atoms with van der Waals surface area (Å²) in [6, 6.07) is 7.16. The van der Waals surface area contributed by atoms with Crippen LogP contribution in [0.5, 0.6) is 0 Å². The summed E-state index contributed by atoms with van der Waals surface area (Å²) in [4.78, 5) is 26.2. The molecule has 6 nitrogen and oxygen atoms in total. The van der Waals surface area contributed by atoms with Crippen molar-refractivity contribution in [3.63, 3.8) is 0 Å². The number of aromatic nitrogens is 1. The summed E-state index contributed by atoms with van der Waals surface area (Å²) in [6.07, 6.45) is 4.35. The fourth-order valence-corrected chi connectivity index (χ4v) is 3.61. The normalized spacial score (nSPS) is 19.5. The van der Waals surface area contributed by atoms with Crippen molar-refractivity contribution < 1.29 is 18.5 Å². The zero-order valence-corrected chi connectivity index (χ0v) is 13.6. The summed E-state index contributed by atoms with van der Waals surface area (Å²) < 4.78 is 18.3. The van der Waals surface area contributed by atoms with Gasteiger partial charge in [-0.2, -0.15) is 0 Å². The molecule has 4 rings (SSSR count). The van der Waals surface area contributed by atoms with Gasteiger partial charge in [0.15, 0.2) is 5.76 Å². The van der Waals surface area contributed by atoms with Gasteiger partial charge in [0.25, 0.3) is 5.91 Å². The summed E-state index contributed by atoms with van der Waals surface area (Å²) in [5.41, 5.74) is 0.501. The molecule has 130 valence electrons. The summed E-state index contributed by atoms with van der Waals surface area (Å²) in [6.45, 7) is 0.0423. The maximum absolute atomic E-state index is 13.0. The number of carbonyl (C=O) groups is 2. The van der Waals surface area contributed by atoms with Crippen molar-refractivity contribution in [2.45, 2.75) is 44.2 Å². The van der Waals surface area contributed by atoms with Crippen molar-refractivity contribution in [3.8, 4) is 11.3 Å². The Hall–Kier alpha value is -2.70. The van der Waals surface area contributed by atoms with Crippen LogP contribution in [0.15, 0.2) is 34.9 Å². The highest BCUT2D eigenvalue weighted by Crippen LogP contribution is 2.34. The summed E-state index contributed by atoms with van der Waals surface area (Å²) in [5, 5.41) is 6.81. The van der Waals surface area contributed by atoms with Crippen LogP contribution >= 0.6 is 0 Å². The molecule has 3 amide bonds. The van der Waals surface area contributed by atoms with Crippen LogP contribution in [0, 0.1) is 5.82 Å². The average Bonchev–Trinajstić information content (AvgIpc) is 3.16. The SMILES string of the molecule is O=C1NC2(CCCCC2)C(=O)N1Cc1cc(-c2ccc(F)cc2)no1. The lowest BCUT2D eigenvalue weighted by atomic mass is 9.82. The number of nitrogens with one attached hydrogen (secondary N) is 1. The third-order valence-electron chi connectivity index (χ3n) is 4.97. The van der Waals surface area contributed by atoms with E-state index in [1.807, 2.05) is 0 Å². The minimum atomic E-state index is -0.741. The first-order chi connectivity index (χ1) is 12.1. The highest BCUT2D eigenvalue weighted by Gasteiger charge is 2.51. The van der Waals surface area contributed by atoms with E-state index in [0.717, 1.165) is 19.3 Å². The summed E-state index contributed by atoms with van der Waals surface area (Å²) in [7, 11) is 0. The molecule has 1 saturated heterocycles. The molecule has 0 unspecified atom stereocenters. The quantitative estimate of drug-likeness (QED) is 0.868. The molecule has 1 aliphatic heterocycles. The van der Waals surface area contributed by atoms with Crippen LogP contribution in [0.3, 0.4) is 0 Å². The fraction of sp³-hybridized carbons (Fsp3) is 0.389. The van der Waals surface area contributed by atoms with Crippen molar-refractivity contribution in [1.29, 1.82) is 0 Å². The first-order valence-corrected chi connectivity index (χ1v) is 8.43. The van der Waals surface area contributed by atoms with Crippen molar-refractivity contribution in [1.82, 2.24) is 15.4 Å². The van der Waals surface area contributed by atoms with Gasteiger partial charge in [0.2, 0.25) is 0 Å². The third kappa shape index (κ3) is 2.79. The van der Waals surface area contributed by atoms with Crippen LogP contribution in [0.2, 0.25) is 0 Å². The van der Waals surface area contributed by atoms with Crippen LogP contribution < -0.4 is 5.32 Å². The number of benzene rings is 1. The largest absolute Gasteiger partial charge is 0.359 e. The molecule has 1 saturated carbocycles. The third-order valence-corrected chi connectivity index (χ3v) is 4.97. The molecule has 2 aliphatic rings. The Balaban J connectivity index is 1.51. The number of nitrogens with zero attached hydrogens (tertiary/aromatic N) is 2. The Morgan fingerprint density at radius 2 is 1.88 bits per heavy atom. The maximum atomic E-state index is 13.0. The minimum Gasteiger partial charge on any atom is -0.359 e. The number of urea groups is 1. The van der Waals surface area contributed by atoms with E-state index in [1.54, 1.807) is 18.2 Å². The van der Waals surface area contributed by atoms with Gasteiger partial charge in [0.05, 0.1) is 6.54 Å². The molecule has 1 aromatic carbocycles. The van der Waals surface area contributed by atoms with Gasteiger partial charge in [-0.15, -0.1) is 0 Å². The molecule has 1 aliphatic carbocycles. The van der Waals surface area contributed by atoms with Crippen LogP contribution in [0.1, 0.15) is 37.9 Å². The van der Waals surface area contributed by atoms with Gasteiger partial charge in [0, 0.05) is 11.6 Å². The van der Waals surface area contributed by atoms with Gasteiger partial charge in [-0.05, 0) is 37.1 Å². The molecule has 0 radical (unpaired) electrons. The molecule has 0 bridgehead atoms. The van der Waals surface area contributed by atoms with Gasteiger partial charge in [-0.25, -0.2) is 9.18 Å². The van der Waals surface area contributed by atoms with E-state index in [0.29, 0.717) is 29.9 Å². The average molecular weight is 343 g/mol. The van der Waals surface area contributed by atoms with Crippen molar-refractivity contribution >= 4 is 11.9 Å². The van der Waals surface area contributed by atoms with Crippen LogP contribution in [-0.4, -0.2) is 27.5 Å². The maximum Gasteiger partial charge on any atom is 0.325 e. The summed E-state index contributed by atoms with van der Waals surface area (Å²) in [5.74, 6) is -0.0998.